The van der Waals surface area contributed by atoms with Crippen LogP contribution in [0.1, 0.15) is 33.9 Å². The summed E-state index contributed by atoms with van der Waals surface area (Å²) in [5, 5.41) is 10.1. The highest BCUT2D eigenvalue weighted by molar-refractivity contribution is 5.99. The summed E-state index contributed by atoms with van der Waals surface area (Å²) in [6.07, 6.45) is 3.80. The second-order valence-corrected chi connectivity index (χ2v) is 6.17. The molecule has 6 nitrogen and oxygen atoms in total. The lowest BCUT2D eigenvalue weighted by Gasteiger charge is -2.13. The molecule has 0 unspecified atom stereocenters. The maximum absolute atomic E-state index is 12.4. The van der Waals surface area contributed by atoms with Crippen molar-refractivity contribution in [3.63, 3.8) is 0 Å². The zero-order chi connectivity index (χ0) is 17.9. The highest BCUT2D eigenvalue weighted by Crippen LogP contribution is 2.27. The monoisotopic (exact) mass is 346 g/mol. The second-order valence-electron chi connectivity index (χ2n) is 6.17. The van der Waals surface area contributed by atoms with Crippen LogP contribution in [0.3, 0.4) is 0 Å². The first-order chi connectivity index (χ1) is 12.7. The van der Waals surface area contributed by atoms with Crippen LogP contribution in [0, 0.1) is 0 Å². The molecule has 4 rings (SSSR count). The normalized spacial score (nSPS) is 15.4. The van der Waals surface area contributed by atoms with Gasteiger partial charge in [0.2, 0.25) is 5.91 Å². The molecular formula is C20H18N4O2. The van der Waals surface area contributed by atoms with E-state index in [1.54, 1.807) is 16.9 Å². The van der Waals surface area contributed by atoms with Crippen LogP contribution in [-0.2, 0) is 11.3 Å². The Morgan fingerprint density at radius 3 is 2.77 bits per heavy atom. The molecule has 2 amide bonds. The number of carbonyl (C=O) groups excluding carboxylic acids is 2. The minimum absolute atomic E-state index is 0.109. The van der Waals surface area contributed by atoms with Crippen molar-refractivity contribution in [1.29, 1.82) is 0 Å². The number of amides is 2. The molecule has 1 atom stereocenters. The number of fused-ring (bicyclic) bond motifs is 1. The van der Waals surface area contributed by atoms with Crippen LogP contribution in [0.15, 0.2) is 67.0 Å². The highest BCUT2D eigenvalue weighted by atomic mass is 16.2. The third-order valence-corrected chi connectivity index (χ3v) is 4.49. The lowest BCUT2D eigenvalue weighted by atomic mass is 10.0. The van der Waals surface area contributed by atoms with Crippen molar-refractivity contribution in [1.82, 2.24) is 20.4 Å². The fourth-order valence-electron chi connectivity index (χ4n) is 3.23. The largest absolute Gasteiger partial charge is 0.352 e. The Labute approximate surface area is 150 Å². The second kappa shape index (κ2) is 6.84. The van der Waals surface area contributed by atoms with Gasteiger partial charge in [-0.05, 0) is 29.3 Å². The summed E-state index contributed by atoms with van der Waals surface area (Å²) in [6, 6.07) is 16.7. The molecule has 0 saturated heterocycles. The predicted octanol–water partition coefficient (Wildman–Crippen LogP) is 2.36. The van der Waals surface area contributed by atoms with Crippen molar-refractivity contribution in [2.24, 2.45) is 0 Å². The standard InChI is InChI=1S/C20H18N4O2/c25-19(12-17-15-7-2-3-8-16(15)20(26)23-17)21-13-14-6-1-4-9-18(14)24-11-5-10-22-24/h1-11,17H,12-13H2,(H,21,25)(H,23,26)/t17-/m0/s1. The lowest BCUT2D eigenvalue weighted by Crippen LogP contribution is -2.29. The van der Waals surface area contributed by atoms with Crippen LogP contribution in [0.4, 0.5) is 0 Å². The van der Waals surface area contributed by atoms with Gasteiger partial charge in [-0.15, -0.1) is 0 Å². The number of nitrogens with zero attached hydrogens (tertiary/aromatic N) is 2. The maximum Gasteiger partial charge on any atom is 0.252 e. The van der Waals surface area contributed by atoms with E-state index in [-0.39, 0.29) is 24.3 Å². The number of carbonyl (C=O) groups is 2. The van der Waals surface area contributed by atoms with Crippen LogP contribution in [0.5, 0.6) is 0 Å². The average molecular weight is 346 g/mol. The molecule has 3 aromatic rings. The third kappa shape index (κ3) is 3.09. The van der Waals surface area contributed by atoms with E-state index in [0.29, 0.717) is 12.1 Å². The number of aromatic nitrogens is 2. The molecule has 0 bridgehead atoms. The summed E-state index contributed by atoms with van der Waals surface area (Å²) in [7, 11) is 0. The fraction of sp³-hybridized carbons (Fsp3) is 0.150. The smallest absolute Gasteiger partial charge is 0.252 e. The summed E-state index contributed by atoms with van der Waals surface area (Å²) in [5.41, 5.74) is 3.43. The Bertz CT molecular complexity index is 950. The van der Waals surface area contributed by atoms with Gasteiger partial charge in [0, 0.05) is 24.5 Å². The third-order valence-electron chi connectivity index (χ3n) is 4.49. The molecule has 26 heavy (non-hydrogen) atoms. The Kier molecular flexibility index (Phi) is 4.23. The Morgan fingerprint density at radius 1 is 1.12 bits per heavy atom. The Balaban J connectivity index is 1.42. The van der Waals surface area contributed by atoms with E-state index in [9.17, 15) is 9.59 Å². The zero-order valence-corrected chi connectivity index (χ0v) is 14.1. The van der Waals surface area contributed by atoms with Crippen LogP contribution < -0.4 is 10.6 Å². The first-order valence-electron chi connectivity index (χ1n) is 8.47. The lowest BCUT2D eigenvalue weighted by molar-refractivity contribution is -0.121. The molecular weight excluding hydrogens is 328 g/mol. The minimum atomic E-state index is -0.278. The zero-order valence-electron chi connectivity index (χ0n) is 14.1. The number of hydrogen-bond acceptors (Lipinski definition) is 3. The molecule has 130 valence electrons. The van der Waals surface area contributed by atoms with Gasteiger partial charge >= 0.3 is 0 Å². The Morgan fingerprint density at radius 2 is 1.92 bits per heavy atom. The molecule has 0 fully saturated rings. The van der Waals surface area contributed by atoms with Gasteiger partial charge in [0.05, 0.1) is 18.2 Å². The van der Waals surface area contributed by atoms with Gasteiger partial charge in [-0.3, -0.25) is 9.59 Å². The van der Waals surface area contributed by atoms with Crippen molar-refractivity contribution in [2.45, 2.75) is 19.0 Å². The number of benzene rings is 2. The van der Waals surface area contributed by atoms with E-state index >= 15 is 0 Å². The molecule has 1 aliphatic rings. The van der Waals surface area contributed by atoms with Gasteiger partial charge < -0.3 is 10.6 Å². The number of hydrogen-bond donors (Lipinski definition) is 2. The first-order valence-corrected chi connectivity index (χ1v) is 8.47. The topological polar surface area (TPSA) is 76.0 Å². The van der Waals surface area contributed by atoms with E-state index in [2.05, 4.69) is 15.7 Å². The summed E-state index contributed by atoms with van der Waals surface area (Å²) >= 11 is 0. The predicted molar refractivity (Wildman–Crippen MR) is 96.7 cm³/mol. The van der Waals surface area contributed by atoms with E-state index < -0.39 is 0 Å². The fourth-order valence-corrected chi connectivity index (χ4v) is 3.23. The quantitative estimate of drug-likeness (QED) is 0.745. The number of para-hydroxylation sites is 1. The summed E-state index contributed by atoms with van der Waals surface area (Å²) < 4.78 is 1.77. The summed E-state index contributed by atoms with van der Waals surface area (Å²) in [5.74, 6) is -0.232. The summed E-state index contributed by atoms with van der Waals surface area (Å²) in [6.45, 7) is 0.400. The molecule has 0 aliphatic carbocycles. The van der Waals surface area contributed by atoms with E-state index in [1.165, 1.54) is 0 Å². The average Bonchev–Trinajstić information content (AvgIpc) is 3.30. The number of nitrogens with one attached hydrogen (secondary N) is 2. The van der Waals surface area contributed by atoms with E-state index in [0.717, 1.165) is 16.8 Å². The van der Waals surface area contributed by atoms with Gasteiger partial charge in [0.15, 0.2) is 0 Å². The summed E-state index contributed by atoms with van der Waals surface area (Å²) in [4.78, 5) is 24.4. The number of rotatable bonds is 5. The van der Waals surface area contributed by atoms with Gasteiger partial charge in [-0.1, -0.05) is 36.4 Å². The van der Waals surface area contributed by atoms with E-state index in [1.807, 2.05) is 54.7 Å². The van der Waals surface area contributed by atoms with Gasteiger partial charge in [0.25, 0.3) is 5.91 Å². The molecule has 2 aromatic carbocycles. The Hall–Kier alpha value is -3.41. The van der Waals surface area contributed by atoms with Crippen LogP contribution in [-0.4, -0.2) is 21.6 Å². The molecule has 2 heterocycles. The van der Waals surface area contributed by atoms with E-state index in [4.69, 9.17) is 0 Å². The SMILES string of the molecule is O=C(C[C@@H]1NC(=O)c2ccccc21)NCc1ccccc1-n1cccn1. The molecule has 0 spiro atoms. The maximum atomic E-state index is 12.4. The molecule has 2 N–H and O–H groups in total. The molecule has 6 heteroatoms. The van der Waals surface area contributed by atoms with Crippen LogP contribution >= 0.6 is 0 Å². The van der Waals surface area contributed by atoms with Crippen molar-refractivity contribution in [2.75, 3.05) is 0 Å². The highest BCUT2D eigenvalue weighted by Gasteiger charge is 2.29. The van der Waals surface area contributed by atoms with Crippen LogP contribution in [0.2, 0.25) is 0 Å². The van der Waals surface area contributed by atoms with Crippen molar-refractivity contribution < 1.29 is 9.59 Å². The van der Waals surface area contributed by atoms with Gasteiger partial charge in [-0.25, -0.2) is 4.68 Å². The molecule has 1 aromatic heterocycles. The van der Waals surface area contributed by atoms with Gasteiger partial charge in [-0.2, -0.15) is 5.10 Å². The molecule has 0 radical (unpaired) electrons. The minimum Gasteiger partial charge on any atom is -0.352 e. The van der Waals surface area contributed by atoms with Crippen molar-refractivity contribution in [3.8, 4) is 5.69 Å². The van der Waals surface area contributed by atoms with Crippen LogP contribution in [0.25, 0.3) is 5.69 Å². The van der Waals surface area contributed by atoms with Crippen molar-refractivity contribution >= 4 is 11.8 Å². The molecule has 0 saturated carbocycles. The first kappa shape index (κ1) is 16.1. The van der Waals surface area contributed by atoms with Gasteiger partial charge in [0.1, 0.15) is 0 Å². The van der Waals surface area contributed by atoms with Crippen molar-refractivity contribution in [3.05, 3.63) is 83.7 Å². The molecule has 1 aliphatic heterocycles.